The van der Waals surface area contributed by atoms with Crippen molar-refractivity contribution >= 4 is 19.2 Å². The number of benzene rings is 1. The molecule has 5 heteroatoms. The van der Waals surface area contributed by atoms with Crippen LogP contribution in [0, 0.1) is 6.92 Å². The first kappa shape index (κ1) is 15.8. The van der Waals surface area contributed by atoms with E-state index in [1.54, 1.807) is 6.08 Å². The molecule has 1 aliphatic rings. The number of aliphatic carboxylic acids is 1. The fourth-order valence-corrected chi connectivity index (χ4v) is 2.04. The summed E-state index contributed by atoms with van der Waals surface area (Å²) in [6.07, 6.45) is 1.60. The van der Waals surface area contributed by atoms with E-state index in [1.807, 2.05) is 58.9 Å². The average molecular weight is 288 g/mol. The number of hydrogen-bond donors (Lipinski definition) is 1. The van der Waals surface area contributed by atoms with Crippen molar-refractivity contribution in [1.82, 2.24) is 0 Å². The van der Waals surface area contributed by atoms with Crippen molar-refractivity contribution in [2.24, 2.45) is 0 Å². The number of aryl methyl sites for hydroxylation is 1. The Labute approximate surface area is 125 Å². The van der Waals surface area contributed by atoms with Gasteiger partial charge in [0.2, 0.25) is 0 Å². The summed E-state index contributed by atoms with van der Waals surface area (Å²) in [7, 11) is -0.867. The van der Waals surface area contributed by atoms with Crippen LogP contribution < -0.4 is 0 Å². The lowest BCUT2D eigenvalue weighted by molar-refractivity contribution is -0.132. The second-order valence-corrected chi connectivity index (χ2v) is 6.40. The van der Waals surface area contributed by atoms with Crippen LogP contribution in [0.25, 0.3) is 6.08 Å². The van der Waals surface area contributed by atoms with Crippen LogP contribution in [0.15, 0.2) is 29.7 Å². The molecule has 1 N–H and O–H groups in total. The van der Waals surface area contributed by atoms with Crippen molar-refractivity contribution in [3.8, 4) is 0 Å². The molecule has 1 saturated heterocycles. The molecule has 1 fully saturated rings. The minimum Gasteiger partial charge on any atom is -0.478 e. The molecule has 1 aromatic carbocycles. The van der Waals surface area contributed by atoms with Crippen LogP contribution in [-0.4, -0.2) is 29.4 Å². The molecule has 0 aromatic heterocycles. The number of carboxylic acid groups (broad SMARTS) is 1. The van der Waals surface area contributed by atoms with Crippen molar-refractivity contribution in [1.29, 1.82) is 0 Å². The van der Waals surface area contributed by atoms with Crippen LogP contribution in [0.1, 0.15) is 38.8 Å². The Balaban J connectivity index is 2.33. The van der Waals surface area contributed by atoms with Gasteiger partial charge in [0.15, 0.2) is 0 Å². The quantitative estimate of drug-likeness (QED) is 0.686. The summed E-state index contributed by atoms with van der Waals surface area (Å²) in [4.78, 5) is 11.6. The first-order valence-corrected chi connectivity index (χ1v) is 6.99. The molecule has 0 amide bonds. The first-order valence-electron chi connectivity index (χ1n) is 6.99. The summed E-state index contributed by atoms with van der Waals surface area (Å²) in [6.45, 7) is 9.59. The van der Waals surface area contributed by atoms with Crippen LogP contribution in [0.4, 0.5) is 0 Å². The summed E-state index contributed by atoms with van der Waals surface area (Å²) >= 11 is 0. The smallest absolute Gasteiger partial charge is 0.478 e. The zero-order valence-electron chi connectivity index (χ0n) is 13.1. The lowest BCUT2D eigenvalue weighted by atomic mass is 9.77. The van der Waals surface area contributed by atoms with Gasteiger partial charge in [-0.15, -0.1) is 0 Å². The number of rotatable bonds is 3. The summed E-state index contributed by atoms with van der Waals surface area (Å²) in [5.74, 6) is -1.03. The molecule has 0 unspecified atom stereocenters. The van der Waals surface area contributed by atoms with E-state index in [2.05, 4.69) is 0 Å². The Kier molecular flexibility index (Phi) is 4.00. The maximum Gasteiger partial charge on any atom is 0.502 e. The maximum absolute atomic E-state index is 11.6. The fourth-order valence-electron chi connectivity index (χ4n) is 2.04. The van der Waals surface area contributed by atoms with Gasteiger partial charge in [-0.1, -0.05) is 29.8 Å². The Morgan fingerprint density at radius 1 is 1.10 bits per heavy atom. The summed E-state index contributed by atoms with van der Waals surface area (Å²) in [6, 6.07) is 7.64. The third-order valence-electron chi connectivity index (χ3n) is 4.15. The predicted octanol–water partition coefficient (Wildman–Crippen LogP) is 3.09. The Hall–Kier alpha value is -1.59. The highest BCUT2D eigenvalue weighted by Crippen LogP contribution is 2.38. The van der Waals surface area contributed by atoms with Gasteiger partial charge in [0.25, 0.3) is 0 Å². The topological polar surface area (TPSA) is 55.8 Å². The zero-order chi connectivity index (χ0) is 15.8. The molecular weight excluding hydrogens is 267 g/mol. The molecule has 112 valence electrons. The van der Waals surface area contributed by atoms with Gasteiger partial charge in [-0.25, -0.2) is 4.79 Å². The van der Waals surface area contributed by atoms with Gasteiger partial charge in [-0.3, -0.25) is 0 Å². The lowest BCUT2D eigenvalue weighted by Gasteiger charge is -2.32. The first-order chi connectivity index (χ1) is 9.62. The van der Waals surface area contributed by atoms with E-state index in [-0.39, 0.29) is 5.47 Å². The van der Waals surface area contributed by atoms with E-state index in [1.165, 1.54) is 0 Å². The van der Waals surface area contributed by atoms with Gasteiger partial charge in [0, 0.05) is 0 Å². The molecule has 2 rings (SSSR count). The van der Waals surface area contributed by atoms with E-state index in [4.69, 9.17) is 9.31 Å². The Morgan fingerprint density at radius 2 is 1.57 bits per heavy atom. The third kappa shape index (κ3) is 3.19. The molecule has 1 heterocycles. The molecule has 0 aliphatic carbocycles. The molecule has 4 nitrogen and oxygen atoms in total. The number of carboxylic acids is 1. The van der Waals surface area contributed by atoms with Crippen LogP contribution in [0.5, 0.6) is 0 Å². The van der Waals surface area contributed by atoms with Gasteiger partial charge in [-0.2, -0.15) is 0 Å². The van der Waals surface area contributed by atoms with Crippen molar-refractivity contribution in [3.05, 3.63) is 40.9 Å². The van der Waals surface area contributed by atoms with Gasteiger partial charge >= 0.3 is 13.1 Å². The largest absolute Gasteiger partial charge is 0.502 e. The van der Waals surface area contributed by atoms with Crippen molar-refractivity contribution in [2.45, 2.75) is 45.8 Å². The average Bonchev–Trinajstić information content (AvgIpc) is 2.57. The maximum atomic E-state index is 11.6. The molecular formula is C16H21BO4. The normalized spacial score (nSPS) is 20.6. The minimum atomic E-state index is -1.03. The van der Waals surface area contributed by atoms with Crippen molar-refractivity contribution < 1.29 is 19.2 Å². The van der Waals surface area contributed by atoms with E-state index < -0.39 is 24.3 Å². The van der Waals surface area contributed by atoms with E-state index in [0.717, 1.165) is 11.1 Å². The highest BCUT2D eigenvalue weighted by Gasteiger charge is 2.53. The number of hydrogen-bond acceptors (Lipinski definition) is 3. The fraction of sp³-hybridized carbons (Fsp3) is 0.438. The summed E-state index contributed by atoms with van der Waals surface area (Å²) in [5, 5.41) is 9.46. The van der Waals surface area contributed by atoms with Crippen LogP contribution in [-0.2, 0) is 14.1 Å². The molecule has 0 saturated carbocycles. The second-order valence-electron chi connectivity index (χ2n) is 6.40. The molecule has 1 aromatic rings. The minimum absolute atomic E-state index is 0.109. The van der Waals surface area contributed by atoms with E-state index in [9.17, 15) is 9.90 Å². The molecule has 0 atom stereocenters. The SMILES string of the molecule is Cc1ccc(C=C(B2OC(C)(C)C(C)(C)O2)C(=O)O)cc1. The standard InChI is InChI=1S/C16H21BO4/c1-11-6-8-12(9-7-11)10-13(14(18)19)17-20-15(2,3)16(4,5)21-17/h6-10H,1-5H3,(H,18,19). The molecule has 21 heavy (non-hydrogen) atoms. The van der Waals surface area contributed by atoms with Crippen molar-refractivity contribution in [2.75, 3.05) is 0 Å². The highest BCUT2D eigenvalue weighted by atomic mass is 16.7. The van der Waals surface area contributed by atoms with Crippen LogP contribution in [0.3, 0.4) is 0 Å². The molecule has 0 spiro atoms. The third-order valence-corrected chi connectivity index (χ3v) is 4.15. The van der Waals surface area contributed by atoms with Gasteiger partial charge in [-0.05, 0) is 46.3 Å². The summed E-state index contributed by atoms with van der Waals surface area (Å²) < 4.78 is 11.6. The molecule has 0 radical (unpaired) electrons. The Bertz CT molecular complexity index is 556. The zero-order valence-corrected chi connectivity index (χ0v) is 13.1. The molecule has 1 aliphatic heterocycles. The number of carbonyl (C=O) groups is 1. The second kappa shape index (κ2) is 5.32. The van der Waals surface area contributed by atoms with Crippen LogP contribution in [0.2, 0.25) is 0 Å². The predicted molar refractivity (Wildman–Crippen MR) is 82.9 cm³/mol. The highest BCUT2D eigenvalue weighted by molar-refractivity contribution is 6.62. The summed E-state index contributed by atoms with van der Waals surface area (Å²) in [5.41, 5.74) is 0.934. The van der Waals surface area contributed by atoms with E-state index in [0.29, 0.717) is 0 Å². The van der Waals surface area contributed by atoms with Gasteiger partial charge in [0.05, 0.1) is 16.7 Å². The van der Waals surface area contributed by atoms with Gasteiger partial charge in [0.1, 0.15) is 0 Å². The van der Waals surface area contributed by atoms with E-state index >= 15 is 0 Å². The lowest BCUT2D eigenvalue weighted by Crippen LogP contribution is -2.41. The van der Waals surface area contributed by atoms with Crippen molar-refractivity contribution in [3.63, 3.8) is 0 Å². The Morgan fingerprint density at radius 3 is 2.00 bits per heavy atom. The monoisotopic (exact) mass is 288 g/mol. The van der Waals surface area contributed by atoms with Crippen LogP contribution >= 0.6 is 0 Å². The molecule has 0 bridgehead atoms. The van der Waals surface area contributed by atoms with Gasteiger partial charge < -0.3 is 14.4 Å².